The van der Waals surface area contributed by atoms with Gasteiger partial charge in [-0.3, -0.25) is 19.8 Å². The fourth-order valence-electron chi connectivity index (χ4n) is 2.91. The minimum atomic E-state index is -0.792. The molecule has 0 unspecified atom stereocenters. The van der Waals surface area contributed by atoms with E-state index in [4.69, 9.17) is 0 Å². The zero-order chi connectivity index (χ0) is 18.8. The van der Waals surface area contributed by atoms with E-state index in [-0.39, 0.29) is 24.1 Å². The number of hydrogen-bond acceptors (Lipinski definition) is 4. The molecule has 26 heavy (non-hydrogen) atoms. The Bertz CT molecular complexity index is 897. The molecule has 1 aliphatic heterocycles. The van der Waals surface area contributed by atoms with Crippen LogP contribution in [0.3, 0.4) is 0 Å². The summed E-state index contributed by atoms with van der Waals surface area (Å²) in [6.45, 7) is 3.81. The molecular weight excluding hydrogens is 398 g/mol. The van der Waals surface area contributed by atoms with Gasteiger partial charge in [-0.1, -0.05) is 39.7 Å². The SMILES string of the molecule is Cc1ccc(N2C(=O)C[C@@H](NNC(=O)c3cccc(Br)c3)C2=O)c(C)c1. The Morgan fingerprint density at radius 2 is 1.92 bits per heavy atom. The van der Waals surface area contributed by atoms with Crippen LogP contribution in [0.1, 0.15) is 27.9 Å². The normalized spacial score (nSPS) is 16.9. The molecule has 2 N–H and O–H groups in total. The number of hydrogen-bond donors (Lipinski definition) is 2. The third kappa shape index (κ3) is 3.68. The van der Waals surface area contributed by atoms with E-state index in [0.717, 1.165) is 15.6 Å². The lowest BCUT2D eigenvalue weighted by molar-refractivity contribution is -0.121. The van der Waals surface area contributed by atoms with Gasteiger partial charge in [0, 0.05) is 10.0 Å². The summed E-state index contributed by atoms with van der Waals surface area (Å²) in [5.41, 5.74) is 8.11. The molecule has 0 bridgehead atoms. The van der Waals surface area contributed by atoms with Crippen LogP contribution >= 0.6 is 15.9 Å². The molecule has 2 aromatic rings. The third-order valence-electron chi connectivity index (χ3n) is 4.19. The van der Waals surface area contributed by atoms with Crippen molar-refractivity contribution >= 4 is 39.3 Å². The second-order valence-corrected chi connectivity index (χ2v) is 7.14. The predicted molar refractivity (Wildman–Crippen MR) is 102 cm³/mol. The molecule has 1 heterocycles. The standard InChI is InChI=1S/C19H18BrN3O3/c1-11-6-7-16(12(2)8-11)23-17(24)10-15(19(23)26)21-22-18(25)13-4-3-5-14(20)9-13/h3-9,15,21H,10H2,1-2H3,(H,22,25)/t15-/m1/s1. The lowest BCUT2D eigenvalue weighted by atomic mass is 10.1. The molecule has 0 spiro atoms. The van der Waals surface area contributed by atoms with E-state index in [0.29, 0.717) is 11.3 Å². The van der Waals surface area contributed by atoms with Crippen molar-refractivity contribution in [1.29, 1.82) is 0 Å². The molecule has 3 amide bonds. The number of nitrogens with zero attached hydrogens (tertiary/aromatic N) is 1. The van der Waals surface area contributed by atoms with Crippen LogP contribution in [0.2, 0.25) is 0 Å². The molecule has 0 radical (unpaired) electrons. The fraction of sp³-hybridized carbons (Fsp3) is 0.211. The zero-order valence-electron chi connectivity index (χ0n) is 14.4. The molecule has 0 aliphatic carbocycles. The van der Waals surface area contributed by atoms with Crippen molar-refractivity contribution < 1.29 is 14.4 Å². The van der Waals surface area contributed by atoms with Crippen LogP contribution in [0, 0.1) is 13.8 Å². The number of aryl methyl sites for hydroxylation is 2. The van der Waals surface area contributed by atoms with E-state index in [1.54, 1.807) is 24.3 Å². The lowest BCUT2D eigenvalue weighted by Crippen LogP contribution is -2.48. The minimum Gasteiger partial charge on any atom is -0.287 e. The van der Waals surface area contributed by atoms with E-state index >= 15 is 0 Å². The Labute approximate surface area is 159 Å². The zero-order valence-corrected chi connectivity index (χ0v) is 16.0. The summed E-state index contributed by atoms with van der Waals surface area (Å²) >= 11 is 3.30. The van der Waals surface area contributed by atoms with Gasteiger partial charge in [-0.15, -0.1) is 0 Å². The number of imide groups is 1. The molecule has 1 saturated heterocycles. The van der Waals surface area contributed by atoms with Crippen LogP contribution < -0.4 is 15.8 Å². The van der Waals surface area contributed by atoms with Crippen molar-refractivity contribution in [2.75, 3.05) is 4.90 Å². The molecule has 7 heteroatoms. The van der Waals surface area contributed by atoms with Crippen LogP contribution in [0.4, 0.5) is 5.69 Å². The van der Waals surface area contributed by atoms with Gasteiger partial charge >= 0.3 is 0 Å². The van der Waals surface area contributed by atoms with Gasteiger partial charge in [0.2, 0.25) is 5.91 Å². The molecule has 134 valence electrons. The number of amides is 3. The molecule has 3 rings (SSSR count). The molecule has 0 aromatic heterocycles. The van der Waals surface area contributed by atoms with Crippen molar-refractivity contribution in [3.8, 4) is 0 Å². The Morgan fingerprint density at radius 3 is 2.62 bits per heavy atom. The topological polar surface area (TPSA) is 78.5 Å². The Kier molecular flexibility index (Phi) is 5.20. The monoisotopic (exact) mass is 415 g/mol. The summed E-state index contributed by atoms with van der Waals surface area (Å²) in [5.74, 6) is -1.05. The summed E-state index contributed by atoms with van der Waals surface area (Å²) in [4.78, 5) is 38.3. The lowest BCUT2D eigenvalue weighted by Gasteiger charge is -2.18. The number of anilines is 1. The van der Waals surface area contributed by atoms with Crippen LogP contribution in [0.15, 0.2) is 46.9 Å². The van der Waals surface area contributed by atoms with E-state index in [1.807, 2.05) is 32.0 Å². The Hall–Kier alpha value is -2.51. The van der Waals surface area contributed by atoms with Gasteiger partial charge in [0.15, 0.2) is 0 Å². The Balaban J connectivity index is 1.70. The maximum atomic E-state index is 12.6. The van der Waals surface area contributed by atoms with E-state index in [1.165, 1.54) is 4.90 Å². The summed E-state index contributed by atoms with van der Waals surface area (Å²) in [7, 11) is 0. The number of hydrazine groups is 1. The second kappa shape index (κ2) is 7.39. The number of carbonyl (C=O) groups is 3. The average Bonchev–Trinajstić information content (AvgIpc) is 2.87. The van der Waals surface area contributed by atoms with E-state index in [9.17, 15) is 14.4 Å². The third-order valence-corrected chi connectivity index (χ3v) is 4.68. The van der Waals surface area contributed by atoms with Gasteiger partial charge in [-0.2, -0.15) is 0 Å². The van der Waals surface area contributed by atoms with E-state index in [2.05, 4.69) is 26.8 Å². The summed E-state index contributed by atoms with van der Waals surface area (Å²) < 4.78 is 0.776. The number of rotatable bonds is 4. The highest BCUT2D eigenvalue weighted by molar-refractivity contribution is 9.10. The first-order valence-corrected chi connectivity index (χ1v) is 8.91. The van der Waals surface area contributed by atoms with Crippen LogP contribution in [0.5, 0.6) is 0 Å². The smallest absolute Gasteiger partial charge is 0.265 e. The summed E-state index contributed by atoms with van der Waals surface area (Å²) in [6.07, 6.45) is -0.00901. The van der Waals surface area contributed by atoms with Gasteiger partial charge < -0.3 is 0 Å². The number of carbonyl (C=O) groups excluding carboxylic acids is 3. The summed E-state index contributed by atoms with van der Waals surface area (Å²) in [5, 5.41) is 0. The van der Waals surface area contributed by atoms with Crippen molar-refractivity contribution in [3.05, 3.63) is 63.6 Å². The average molecular weight is 416 g/mol. The molecule has 2 aromatic carbocycles. The summed E-state index contributed by atoms with van der Waals surface area (Å²) in [6, 6.07) is 11.6. The second-order valence-electron chi connectivity index (χ2n) is 6.22. The first kappa shape index (κ1) is 18.3. The quantitative estimate of drug-likeness (QED) is 0.594. The van der Waals surface area contributed by atoms with Crippen molar-refractivity contribution in [1.82, 2.24) is 10.9 Å². The van der Waals surface area contributed by atoms with Gasteiger partial charge in [0.05, 0.1) is 12.1 Å². The predicted octanol–water partition coefficient (Wildman–Crippen LogP) is 2.63. The molecule has 1 atom stereocenters. The van der Waals surface area contributed by atoms with E-state index < -0.39 is 6.04 Å². The van der Waals surface area contributed by atoms with Crippen LogP contribution in [-0.2, 0) is 9.59 Å². The van der Waals surface area contributed by atoms with Crippen molar-refractivity contribution in [2.24, 2.45) is 0 Å². The minimum absolute atomic E-state index is 0.00901. The molecular formula is C19H18BrN3O3. The number of halogens is 1. The first-order chi connectivity index (χ1) is 12.4. The number of benzene rings is 2. The highest BCUT2D eigenvalue weighted by atomic mass is 79.9. The largest absolute Gasteiger partial charge is 0.287 e. The van der Waals surface area contributed by atoms with Crippen LogP contribution in [-0.4, -0.2) is 23.8 Å². The van der Waals surface area contributed by atoms with Gasteiger partial charge in [-0.25, -0.2) is 10.3 Å². The number of nitrogens with one attached hydrogen (secondary N) is 2. The van der Waals surface area contributed by atoms with Gasteiger partial charge in [0.1, 0.15) is 6.04 Å². The van der Waals surface area contributed by atoms with Crippen molar-refractivity contribution in [2.45, 2.75) is 26.3 Å². The van der Waals surface area contributed by atoms with Crippen LogP contribution in [0.25, 0.3) is 0 Å². The first-order valence-electron chi connectivity index (χ1n) is 8.12. The molecule has 0 saturated carbocycles. The molecule has 1 fully saturated rings. The molecule has 6 nitrogen and oxygen atoms in total. The fourth-order valence-corrected chi connectivity index (χ4v) is 3.31. The Morgan fingerprint density at radius 1 is 1.15 bits per heavy atom. The molecule has 1 aliphatic rings. The maximum absolute atomic E-state index is 12.6. The van der Waals surface area contributed by atoms with Gasteiger partial charge in [-0.05, 0) is 43.7 Å². The maximum Gasteiger partial charge on any atom is 0.265 e. The highest BCUT2D eigenvalue weighted by Crippen LogP contribution is 2.26. The van der Waals surface area contributed by atoms with Gasteiger partial charge in [0.25, 0.3) is 11.8 Å². The van der Waals surface area contributed by atoms with Crippen molar-refractivity contribution in [3.63, 3.8) is 0 Å². The highest BCUT2D eigenvalue weighted by Gasteiger charge is 2.40.